The van der Waals surface area contributed by atoms with E-state index in [0.717, 1.165) is 12.1 Å². The minimum absolute atomic E-state index is 0.0172. The Morgan fingerprint density at radius 1 is 1.00 bits per heavy atom. The summed E-state index contributed by atoms with van der Waals surface area (Å²) in [5, 5.41) is -1.14. The Hall–Kier alpha value is -2.55. The van der Waals surface area contributed by atoms with Crippen molar-refractivity contribution < 1.29 is 58.3 Å². The lowest BCUT2D eigenvalue weighted by Gasteiger charge is -2.19. The second-order valence-electron chi connectivity index (χ2n) is 8.70. The minimum atomic E-state index is -5.32. The number of amides is 1. The standard InChI is InChI=1S/C24H14Cl3F10NO3/c25-16-4-11(5-17(26)20(16)27)14(23(32,33)34)7-18(28)10-1-2-13(15(3-10)24(35,36)37)19(39)6-12-8-41-38(21(12)40)9-22(29,30)31/h1-5,7,12,14H,6,8-9H2/b18-7-/t12-,14?/m1/s1. The summed E-state index contributed by atoms with van der Waals surface area (Å²) in [7, 11) is 0. The molecule has 2 aromatic carbocycles. The number of benzene rings is 2. The van der Waals surface area contributed by atoms with Crippen molar-refractivity contribution in [1.29, 1.82) is 0 Å². The molecule has 3 rings (SSSR count). The smallest absolute Gasteiger partial charge is 0.294 e. The van der Waals surface area contributed by atoms with Crippen LogP contribution in [0.15, 0.2) is 36.4 Å². The molecule has 41 heavy (non-hydrogen) atoms. The summed E-state index contributed by atoms with van der Waals surface area (Å²) in [5.41, 5.74) is -4.48. The van der Waals surface area contributed by atoms with Crippen molar-refractivity contribution in [2.24, 2.45) is 5.92 Å². The predicted molar refractivity (Wildman–Crippen MR) is 127 cm³/mol. The molecule has 0 saturated carbocycles. The van der Waals surface area contributed by atoms with E-state index in [-0.39, 0.29) is 22.2 Å². The number of nitrogens with zero attached hydrogens (tertiary/aromatic N) is 1. The number of hydrogen-bond donors (Lipinski definition) is 0. The van der Waals surface area contributed by atoms with Crippen LogP contribution in [-0.2, 0) is 15.8 Å². The number of Topliss-reactive ketones (excluding diaryl/α,β-unsaturated/α-hetero) is 1. The SMILES string of the molecule is O=C(C[C@@H]1CON(CC(F)(F)F)C1=O)c1ccc(/C(F)=C/C(c2cc(Cl)c(Cl)c(Cl)c2)C(F)(F)F)cc1C(F)(F)F. The van der Waals surface area contributed by atoms with Gasteiger partial charge in [-0.05, 0) is 29.8 Å². The van der Waals surface area contributed by atoms with E-state index in [9.17, 15) is 53.5 Å². The van der Waals surface area contributed by atoms with E-state index < -0.39 is 99.8 Å². The molecule has 0 bridgehead atoms. The first kappa shape index (κ1) is 33.0. The number of allylic oxidation sites excluding steroid dienone is 1. The fraction of sp³-hybridized carbons (Fsp3) is 0.333. The van der Waals surface area contributed by atoms with Crippen molar-refractivity contribution >= 4 is 52.3 Å². The summed E-state index contributed by atoms with van der Waals surface area (Å²) >= 11 is 17.2. The van der Waals surface area contributed by atoms with Crippen LogP contribution >= 0.6 is 34.8 Å². The van der Waals surface area contributed by atoms with Gasteiger partial charge >= 0.3 is 18.5 Å². The summed E-state index contributed by atoms with van der Waals surface area (Å²) in [6, 6.07) is 2.69. The van der Waals surface area contributed by atoms with Crippen LogP contribution in [0, 0.1) is 5.92 Å². The molecule has 1 unspecified atom stereocenters. The number of carbonyl (C=O) groups excluding carboxylic acids is 2. The lowest BCUT2D eigenvalue weighted by atomic mass is 9.92. The van der Waals surface area contributed by atoms with Crippen molar-refractivity contribution in [1.82, 2.24) is 5.06 Å². The summed E-state index contributed by atoms with van der Waals surface area (Å²) in [4.78, 5) is 29.3. The van der Waals surface area contributed by atoms with Crippen molar-refractivity contribution in [3.05, 3.63) is 73.7 Å². The topological polar surface area (TPSA) is 46.6 Å². The lowest BCUT2D eigenvalue weighted by molar-refractivity contribution is -0.214. The van der Waals surface area contributed by atoms with Gasteiger partial charge in [-0.1, -0.05) is 46.9 Å². The molecule has 1 aliphatic rings. The van der Waals surface area contributed by atoms with Gasteiger partial charge in [-0.2, -0.15) is 39.5 Å². The maximum Gasteiger partial charge on any atom is 0.417 e. The second kappa shape index (κ2) is 12.0. The van der Waals surface area contributed by atoms with Gasteiger partial charge in [-0.25, -0.2) is 9.45 Å². The normalized spacial score (nSPS) is 17.8. The van der Waals surface area contributed by atoms with Gasteiger partial charge in [0.05, 0.1) is 33.2 Å². The Bertz CT molecular complexity index is 1350. The average Bonchev–Trinajstić information content (AvgIpc) is 3.16. The number of hydroxylamine groups is 2. The number of rotatable bonds is 7. The molecule has 0 radical (unpaired) electrons. The van der Waals surface area contributed by atoms with Crippen molar-refractivity contribution in [3.63, 3.8) is 0 Å². The van der Waals surface area contributed by atoms with E-state index in [0.29, 0.717) is 12.1 Å². The van der Waals surface area contributed by atoms with Crippen LogP contribution in [-0.4, -0.2) is 42.3 Å². The first-order valence-electron chi connectivity index (χ1n) is 11.0. The third-order valence-electron chi connectivity index (χ3n) is 5.71. The van der Waals surface area contributed by atoms with Gasteiger partial charge in [0.15, 0.2) is 5.78 Å². The zero-order chi connectivity index (χ0) is 31.1. The van der Waals surface area contributed by atoms with E-state index in [2.05, 4.69) is 4.84 Å². The van der Waals surface area contributed by atoms with Crippen LogP contribution < -0.4 is 0 Å². The maximum atomic E-state index is 15.0. The lowest BCUT2D eigenvalue weighted by Crippen LogP contribution is -2.35. The summed E-state index contributed by atoms with van der Waals surface area (Å²) < 4.78 is 135. The molecule has 2 atom stereocenters. The quantitative estimate of drug-likeness (QED) is 0.169. The summed E-state index contributed by atoms with van der Waals surface area (Å²) in [6.45, 7) is -2.52. The molecule has 0 aromatic heterocycles. The van der Waals surface area contributed by atoms with Crippen molar-refractivity contribution in [3.8, 4) is 0 Å². The van der Waals surface area contributed by atoms with Gasteiger partial charge in [0.25, 0.3) is 5.91 Å². The van der Waals surface area contributed by atoms with Crippen LogP contribution in [0.4, 0.5) is 43.9 Å². The van der Waals surface area contributed by atoms with Gasteiger partial charge in [0.1, 0.15) is 18.3 Å². The van der Waals surface area contributed by atoms with E-state index in [1.54, 1.807) is 0 Å². The summed E-state index contributed by atoms with van der Waals surface area (Å²) in [6.07, 6.45) is -16.3. The van der Waals surface area contributed by atoms with Crippen LogP contribution in [0.1, 0.15) is 39.4 Å². The Labute approximate surface area is 239 Å². The van der Waals surface area contributed by atoms with Crippen LogP contribution in [0.25, 0.3) is 5.83 Å². The van der Waals surface area contributed by atoms with Gasteiger partial charge < -0.3 is 0 Å². The van der Waals surface area contributed by atoms with Crippen LogP contribution in [0.3, 0.4) is 0 Å². The van der Waals surface area contributed by atoms with Crippen LogP contribution in [0.2, 0.25) is 15.1 Å². The average molecular weight is 661 g/mol. The van der Waals surface area contributed by atoms with Gasteiger partial charge in [-0.3, -0.25) is 14.4 Å². The predicted octanol–water partition coefficient (Wildman–Crippen LogP) is 8.85. The zero-order valence-corrected chi connectivity index (χ0v) is 22.1. The van der Waals surface area contributed by atoms with Gasteiger partial charge in [0, 0.05) is 17.5 Å². The Kier molecular flexibility index (Phi) is 9.63. The fourth-order valence-electron chi connectivity index (χ4n) is 3.83. The molecule has 4 nitrogen and oxygen atoms in total. The highest BCUT2D eigenvalue weighted by Crippen LogP contribution is 2.43. The molecular formula is C24H14Cl3F10NO3. The Balaban J connectivity index is 1.95. The second-order valence-corrected chi connectivity index (χ2v) is 9.89. The monoisotopic (exact) mass is 659 g/mol. The minimum Gasteiger partial charge on any atom is -0.294 e. The van der Waals surface area contributed by atoms with Crippen molar-refractivity contribution in [2.45, 2.75) is 30.9 Å². The first-order chi connectivity index (χ1) is 18.7. The highest BCUT2D eigenvalue weighted by molar-refractivity contribution is 6.48. The van der Waals surface area contributed by atoms with Gasteiger partial charge in [-0.15, -0.1) is 0 Å². The maximum absolute atomic E-state index is 15.0. The van der Waals surface area contributed by atoms with E-state index in [1.165, 1.54) is 0 Å². The largest absolute Gasteiger partial charge is 0.417 e. The molecule has 1 fully saturated rings. The molecule has 1 amide bonds. The molecule has 0 N–H and O–H groups in total. The molecule has 1 saturated heterocycles. The molecule has 1 aliphatic heterocycles. The third-order valence-corrected chi connectivity index (χ3v) is 6.91. The Morgan fingerprint density at radius 3 is 2.10 bits per heavy atom. The molecule has 0 aliphatic carbocycles. The summed E-state index contributed by atoms with van der Waals surface area (Å²) in [5.74, 6) is -8.63. The number of hydrogen-bond acceptors (Lipinski definition) is 3. The first-order valence-corrected chi connectivity index (χ1v) is 12.2. The highest BCUT2D eigenvalue weighted by atomic mass is 35.5. The molecule has 2 aromatic rings. The third kappa shape index (κ3) is 8.05. The molecule has 1 heterocycles. The number of ketones is 1. The van der Waals surface area contributed by atoms with Gasteiger partial charge in [0.2, 0.25) is 0 Å². The molecular weight excluding hydrogens is 647 g/mol. The van der Waals surface area contributed by atoms with E-state index in [1.807, 2.05) is 0 Å². The number of alkyl halides is 9. The molecule has 0 spiro atoms. The number of carbonyl (C=O) groups is 2. The highest BCUT2D eigenvalue weighted by Gasteiger charge is 2.43. The van der Waals surface area contributed by atoms with Crippen LogP contribution in [0.5, 0.6) is 0 Å². The zero-order valence-electron chi connectivity index (χ0n) is 19.8. The van der Waals surface area contributed by atoms with E-state index in [4.69, 9.17) is 34.8 Å². The molecule has 17 heteroatoms. The fourth-order valence-corrected chi connectivity index (χ4v) is 4.45. The van der Waals surface area contributed by atoms with E-state index >= 15 is 0 Å². The molecule has 224 valence electrons. The number of halogens is 13. The Morgan fingerprint density at radius 2 is 1.59 bits per heavy atom. The van der Waals surface area contributed by atoms with Crippen molar-refractivity contribution in [2.75, 3.05) is 13.2 Å².